The highest BCUT2D eigenvalue weighted by molar-refractivity contribution is 5.08. The molecule has 11 heavy (non-hydrogen) atoms. The van der Waals surface area contributed by atoms with Gasteiger partial charge in [0.05, 0.1) is 24.1 Å². The Morgan fingerprint density at radius 2 is 1.64 bits per heavy atom. The van der Waals surface area contributed by atoms with Crippen LogP contribution in [-0.2, 0) is 0 Å². The molecule has 0 saturated heterocycles. The number of nitriles is 3. The van der Waals surface area contributed by atoms with E-state index < -0.39 is 11.8 Å². The molecular formula is C8H9N3. The van der Waals surface area contributed by atoms with Gasteiger partial charge in [0.2, 0.25) is 0 Å². The molecule has 0 spiro atoms. The fraction of sp³-hybridized carbons (Fsp3) is 0.625. The maximum absolute atomic E-state index is 8.54. The van der Waals surface area contributed by atoms with Crippen LogP contribution >= 0.6 is 0 Å². The molecule has 0 aliphatic rings. The summed E-state index contributed by atoms with van der Waals surface area (Å²) in [5.41, 5.74) is 0. The fourth-order valence-corrected chi connectivity index (χ4v) is 0.826. The Kier molecular flexibility index (Phi) is 4.54. The normalized spacial score (nSPS) is 11.2. The van der Waals surface area contributed by atoms with Crippen molar-refractivity contribution in [3.63, 3.8) is 0 Å². The molecule has 0 fully saturated rings. The second-order valence-electron chi connectivity index (χ2n) is 2.26. The maximum Gasteiger partial charge on any atom is 0.149 e. The van der Waals surface area contributed by atoms with Gasteiger partial charge in [0, 0.05) is 0 Å². The van der Waals surface area contributed by atoms with Gasteiger partial charge < -0.3 is 0 Å². The molecule has 0 radical (unpaired) electrons. The summed E-state index contributed by atoms with van der Waals surface area (Å²) in [6.07, 6.45) is 1.46. The summed E-state index contributed by atoms with van der Waals surface area (Å²) in [5, 5.41) is 25.4. The molecule has 0 aromatic carbocycles. The summed E-state index contributed by atoms with van der Waals surface area (Å²) < 4.78 is 0. The monoisotopic (exact) mass is 147 g/mol. The molecule has 56 valence electrons. The molecule has 0 aliphatic carbocycles. The average molecular weight is 147 g/mol. The van der Waals surface area contributed by atoms with Crippen LogP contribution in [0.25, 0.3) is 0 Å². The lowest BCUT2D eigenvalue weighted by Crippen LogP contribution is -2.08. The molecule has 0 bridgehead atoms. The lowest BCUT2D eigenvalue weighted by Gasteiger charge is -2.04. The van der Waals surface area contributed by atoms with E-state index in [4.69, 9.17) is 15.8 Å². The first-order valence-corrected chi connectivity index (χ1v) is 3.49. The van der Waals surface area contributed by atoms with Crippen molar-refractivity contribution in [3.8, 4) is 18.2 Å². The van der Waals surface area contributed by atoms with Gasteiger partial charge in [0.1, 0.15) is 5.92 Å². The van der Waals surface area contributed by atoms with Crippen LogP contribution in [0.4, 0.5) is 0 Å². The van der Waals surface area contributed by atoms with Gasteiger partial charge in [-0.3, -0.25) is 0 Å². The molecule has 1 atom stereocenters. The van der Waals surface area contributed by atoms with Crippen LogP contribution < -0.4 is 0 Å². The van der Waals surface area contributed by atoms with Gasteiger partial charge in [-0.15, -0.1) is 0 Å². The summed E-state index contributed by atoms with van der Waals surface area (Å²) >= 11 is 0. The van der Waals surface area contributed by atoms with Crippen molar-refractivity contribution in [2.45, 2.75) is 19.8 Å². The van der Waals surface area contributed by atoms with Gasteiger partial charge in [0.15, 0.2) is 0 Å². The van der Waals surface area contributed by atoms with Crippen LogP contribution in [0.5, 0.6) is 0 Å². The summed E-state index contributed by atoms with van der Waals surface area (Å²) in [4.78, 5) is 0. The highest BCUT2D eigenvalue weighted by Gasteiger charge is 2.18. The minimum Gasteiger partial charge on any atom is -0.198 e. The van der Waals surface area contributed by atoms with Crippen LogP contribution in [0.1, 0.15) is 19.8 Å². The summed E-state index contributed by atoms with van der Waals surface area (Å²) in [5.74, 6) is -1.19. The highest BCUT2D eigenvalue weighted by Crippen LogP contribution is 2.15. The lowest BCUT2D eigenvalue weighted by atomic mass is 9.92. The van der Waals surface area contributed by atoms with Crippen molar-refractivity contribution >= 4 is 0 Å². The molecule has 3 heteroatoms. The van der Waals surface area contributed by atoms with Crippen LogP contribution in [0, 0.1) is 45.8 Å². The zero-order valence-electron chi connectivity index (χ0n) is 6.41. The summed E-state index contributed by atoms with van der Waals surface area (Å²) in [6.45, 7) is 1.93. The molecule has 0 aliphatic heterocycles. The zero-order chi connectivity index (χ0) is 8.69. The Bertz CT molecular complexity index is 211. The standard InChI is InChI=1S/C8H9N3/c1-2-3-7(4-9)8(5-10)6-11/h7-8H,2-3H2,1H3. The Morgan fingerprint density at radius 3 is 1.91 bits per heavy atom. The molecular weight excluding hydrogens is 138 g/mol. The van der Waals surface area contributed by atoms with Gasteiger partial charge >= 0.3 is 0 Å². The van der Waals surface area contributed by atoms with E-state index >= 15 is 0 Å². The maximum atomic E-state index is 8.54. The Morgan fingerprint density at radius 1 is 1.09 bits per heavy atom. The van der Waals surface area contributed by atoms with Crippen LogP contribution in [0.2, 0.25) is 0 Å². The third-order valence-corrected chi connectivity index (χ3v) is 1.45. The first-order valence-electron chi connectivity index (χ1n) is 3.49. The largest absolute Gasteiger partial charge is 0.198 e. The molecule has 0 aromatic rings. The topological polar surface area (TPSA) is 71.4 Å². The van der Waals surface area contributed by atoms with Crippen LogP contribution in [-0.4, -0.2) is 0 Å². The zero-order valence-corrected chi connectivity index (χ0v) is 6.41. The van der Waals surface area contributed by atoms with Crippen molar-refractivity contribution in [1.29, 1.82) is 15.8 Å². The second kappa shape index (κ2) is 5.27. The Labute approximate surface area is 66.5 Å². The third-order valence-electron chi connectivity index (χ3n) is 1.45. The summed E-state index contributed by atoms with van der Waals surface area (Å²) in [7, 11) is 0. The van der Waals surface area contributed by atoms with Crippen molar-refractivity contribution in [3.05, 3.63) is 0 Å². The molecule has 0 aromatic heterocycles. The number of nitrogens with zero attached hydrogens (tertiary/aromatic N) is 3. The van der Waals surface area contributed by atoms with E-state index in [-0.39, 0.29) is 0 Å². The van der Waals surface area contributed by atoms with Crippen LogP contribution in [0.15, 0.2) is 0 Å². The van der Waals surface area contributed by atoms with E-state index in [0.29, 0.717) is 6.42 Å². The van der Waals surface area contributed by atoms with Crippen LogP contribution in [0.3, 0.4) is 0 Å². The molecule has 0 heterocycles. The third kappa shape index (κ3) is 2.70. The number of rotatable bonds is 3. The Hall–Kier alpha value is -1.53. The molecule has 3 nitrogen and oxygen atoms in total. The van der Waals surface area contributed by atoms with E-state index in [2.05, 4.69) is 0 Å². The Balaban J connectivity index is 4.18. The smallest absolute Gasteiger partial charge is 0.149 e. The quantitative estimate of drug-likeness (QED) is 0.608. The molecule has 0 rings (SSSR count). The van der Waals surface area contributed by atoms with Crippen molar-refractivity contribution in [2.75, 3.05) is 0 Å². The van der Waals surface area contributed by atoms with E-state index in [1.54, 1.807) is 12.1 Å². The minimum absolute atomic E-state index is 0.421. The molecule has 0 amide bonds. The van der Waals surface area contributed by atoms with Gasteiger partial charge in [-0.2, -0.15) is 15.8 Å². The fourth-order valence-electron chi connectivity index (χ4n) is 0.826. The van der Waals surface area contributed by atoms with E-state index in [0.717, 1.165) is 6.42 Å². The van der Waals surface area contributed by atoms with Gasteiger partial charge in [-0.25, -0.2) is 0 Å². The van der Waals surface area contributed by atoms with Gasteiger partial charge in [-0.1, -0.05) is 13.3 Å². The van der Waals surface area contributed by atoms with Crippen molar-refractivity contribution < 1.29 is 0 Å². The number of hydrogen-bond acceptors (Lipinski definition) is 3. The summed E-state index contributed by atoms with van der Waals surface area (Å²) in [6, 6.07) is 5.57. The lowest BCUT2D eigenvalue weighted by molar-refractivity contribution is 0.533. The average Bonchev–Trinajstić information content (AvgIpc) is 2.05. The number of hydrogen-bond donors (Lipinski definition) is 0. The predicted octanol–water partition coefficient (Wildman–Crippen LogP) is 1.59. The van der Waals surface area contributed by atoms with Crippen molar-refractivity contribution in [1.82, 2.24) is 0 Å². The second-order valence-corrected chi connectivity index (χ2v) is 2.26. The molecule has 0 N–H and O–H groups in total. The molecule has 1 unspecified atom stereocenters. The minimum atomic E-state index is -0.764. The van der Waals surface area contributed by atoms with Gasteiger partial charge in [0.25, 0.3) is 0 Å². The highest BCUT2D eigenvalue weighted by atomic mass is 14.4. The first kappa shape index (κ1) is 9.47. The van der Waals surface area contributed by atoms with E-state index in [1.165, 1.54) is 0 Å². The van der Waals surface area contributed by atoms with E-state index in [9.17, 15) is 0 Å². The molecule has 0 saturated carbocycles. The van der Waals surface area contributed by atoms with E-state index in [1.807, 2.05) is 13.0 Å². The first-order chi connectivity index (χ1) is 5.29. The van der Waals surface area contributed by atoms with Gasteiger partial charge in [-0.05, 0) is 6.42 Å². The SMILES string of the molecule is CCCC(C#N)C(C#N)C#N. The predicted molar refractivity (Wildman–Crippen MR) is 38.7 cm³/mol. The van der Waals surface area contributed by atoms with Crippen molar-refractivity contribution in [2.24, 2.45) is 11.8 Å².